The molecule has 28 heavy (non-hydrogen) atoms. The molecular weight excluding hydrogens is 353 g/mol. The lowest BCUT2D eigenvalue weighted by atomic mass is 9.92. The Hall–Kier alpha value is -3.40. The maximum Gasteiger partial charge on any atom is 0.294 e. The molecule has 0 radical (unpaired) electrons. The Balaban J connectivity index is 1.90. The van der Waals surface area contributed by atoms with Gasteiger partial charge in [-0.1, -0.05) is 59.7 Å². The molecule has 0 fully saturated rings. The summed E-state index contributed by atoms with van der Waals surface area (Å²) in [4.78, 5) is 14.5. The number of rotatable bonds is 3. The molecule has 3 aromatic carbocycles. The molecule has 1 N–H and O–H groups in total. The van der Waals surface area contributed by atoms with Crippen molar-refractivity contribution >= 4 is 17.2 Å². The van der Waals surface area contributed by atoms with Gasteiger partial charge in [-0.2, -0.15) is 0 Å². The van der Waals surface area contributed by atoms with Gasteiger partial charge in [-0.05, 0) is 49.2 Å². The van der Waals surface area contributed by atoms with Gasteiger partial charge in [0.1, 0.15) is 5.82 Å². The Morgan fingerprint density at radius 1 is 0.821 bits per heavy atom. The average Bonchev–Trinajstić information content (AvgIpc) is 2.95. The van der Waals surface area contributed by atoms with Crippen molar-refractivity contribution < 1.29 is 14.3 Å². The van der Waals surface area contributed by atoms with Crippen molar-refractivity contribution in [2.45, 2.75) is 19.9 Å². The van der Waals surface area contributed by atoms with Gasteiger partial charge in [0, 0.05) is 11.3 Å². The Morgan fingerprint density at radius 3 is 1.93 bits per heavy atom. The van der Waals surface area contributed by atoms with Crippen molar-refractivity contribution in [3.8, 4) is 0 Å². The monoisotopic (exact) mass is 373 g/mol. The second kappa shape index (κ2) is 6.97. The highest BCUT2D eigenvalue weighted by atomic mass is 19.1. The highest BCUT2D eigenvalue weighted by Gasteiger charge is 2.41. The molecule has 0 aromatic heterocycles. The molecule has 3 aromatic rings. The zero-order valence-electron chi connectivity index (χ0n) is 15.7. The van der Waals surface area contributed by atoms with E-state index in [2.05, 4.69) is 0 Å². The van der Waals surface area contributed by atoms with Gasteiger partial charge in [0.15, 0.2) is 5.76 Å². The fourth-order valence-electron chi connectivity index (χ4n) is 3.57. The van der Waals surface area contributed by atoms with Crippen molar-refractivity contribution in [2.75, 3.05) is 4.90 Å². The fraction of sp³-hybridized carbons (Fsp3) is 0.125. The molecule has 0 aliphatic carbocycles. The highest BCUT2D eigenvalue weighted by molar-refractivity contribution is 6.15. The van der Waals surface area contributed by atoms with Crippen LogP contribution in [0.5, 0.6) is 0 Å². The lowest BCUT2D eigenvalue weighted by molar-refractivity contribution is -0.117. The summed E-state index contributed by atoms with van der Waals surface area (Å²) in [7, 11) is 0. The minimum absolute atomic E-state index is 0.279. The maximum absolute atomic E-state index is 13.4. The fourth-order valence-corrected chi connectivity index (χ4v) is 3.57. The van der Waals surface area contributed by atoms with Crippen LogP contribution in [0.25, 0.3) is 5.57 Å². The quantitative estimate of drug-likeness (QED) is 0.659. The molecule has 0 spiro atoms. The molecular formula is C24H20FNO2. The average molecular weight is 373 g/mol. The summed E-state index contributed by atoms with van der Waals surface area (Å²) in [6.45, 7) is 3.98. The summed E-state index contributed by atoms with van der Waals surface area (Å²) in [6.07, 6.45) is 0. The van der Waals surface area contributed by atoms with Gasteiger partial charge in [0.05, 0.1) is 6.04 Å². The molecule has 0 saturated carbocycles. The van der Waals surface area contributed by atoms with E-state index in [1.807, 2.05) is 62.4 Å². The molecule has 1 aliphatic rings. The number of carbonyl (C=O) groups is 1. The van der Waals surface area contributed by atoms with Crippen LogP contribution in [0.1, 0.15) is 28.3 Å². The third kappa shape index (κ3) is 3.07. The summed E-state index contributed by atoms with van der Waals surface area (Å²) >= 11 is 0. The van der Waals surface area contributed by atoms with E-state index < -0.39 is 11.9 Å². The molecule has 3 nitrogen and oxygen atoms in total. The molecule has 0 unspecified atom stereocenters. The second-order valence-electron chi connectivity index (χ2n) is 7.09. The number of carbonyl (C=O) groups excluding carboxylic acids is 1. The predicted octanol–water partition coefficient (Wildman–Crippen LogP) is 5.50. The summed E-state index contributed by atoms with van der Waals surface area (Å²) in [6, 6.07) is 20.8. The van der Waals surface area contributed by atoms with Crippen LogP contribution in [-0.2, 0) is 4.79 Å². The van der Waals surface area contributed by atoms with Gasteiger partial charge < -0.3 is 5.11 Å². The summed E-state index contributed by atoms with van der Waals surface area (Å²) in [5.41, 5.74) is 4.94. The van der Waals surface area contributed by atoms with Crippen LogP contribution in [-0.4, -0.2) is 11.0 Å². The number of halogens is 1. The number of aliphatic hydroxyl groups is 1. The summed E-state index contributed by atoms with van der Waals surface area (Å²) < 4.78 is 13.4. The van der Waals surface area contributed by atoms with Gasteiger partial charge in [0.2, 0.25) is 0 Å². The first-order chi connectivity index (χ1) is 13.5. The lowest BCUT2D eigenvalue weighted by Gasteiger charge is -2.27. The SMILES string of the molecule is Cc1ccc(C2=C(O)C(=O)N(c3ccc(F)cc3)[C@@H]2c2ccc(C)cc2)cc1. The Kier molecular flexibility index (Phi) is 4.47. The number of anilines is 1. The molecule has 1 atom stereocenters. The highest BCUT2D eigenvalue weighted by Crippen LogP contribution is 2.45. The van der Waals surface area contributed by atoms with E-state index >= 15 is 0 Å². The molecule has 0 bridgehead atoms. The van der Waals surface area contributed by atoms with Gasteiger partial charge in [0.25, 0.3) is 5.91 Å². The normalized spacial score (nSPS) is 16.8. The molecule has 4 heteroatoms. The van der Waals surface area contributed by atoms with Crippen LogP contribution in [0.15, 0.2) is 78.6 Å². The first-order valence-electron chi connectivity index (χ1n) is 9.11. The van der Waals surface area contributed by atoms with E-state index in [9.17, 15) is 14.3 Å². The van der Waals surface area contributed by atoms with Crippen LogP contribution in [0, 0.1) is 19.7 Å². The van der Waals surface area contributed by atoms with Crippen molar-refractivity contribution in [1.29, 1.82) is 0 Å². The number of hydrogen-bond donors (Lipinski definition) is 1. The van der Waals surface area contributed by atoms with Crippen LogP contribution in [0.2, 0.25) is 0 Å². The molecule has 1 amide bonds. The summed E-state index contributed by atoms with van der Waals surface area (Å²) in [5, 5.41) is 10.8. The van der Waals surface area contributed by atoms with Crippen LogP contribution in [0.3, 0.4) is 0 Å². The second-order valence-corrected chi connectivity index (χ2v) is 7.09. The largest absolute Gasteiger partial charge is 0.503 e. The Bertz CT molecular complexity index is 1050. The molecule has 140 valence electrons. The number of aryl methyl sites for hydroxylation is 2. The van der Waals surface area contributed by atoms with Gasteiger partial charge in [-0.15, -0.1) is 0 Å². The predicted molar refractivity (Wildman–Crippen MR) is 109 cm³/mol. The van der Waals surface area contributed by atoms with E-state index in [0.29, 0.717) is 11.3 Å². The van der Waals surface area contributed by atoms with Gasteiger partial charge >= 0.3 is 0 Å². The number of aliphatic hydroxyl groups excluding tert-OH is 1. The van der Waals surface area contributed by atoms with Gasteiger partial charge in [-0.25, -0.2) is 4.39 Å². The van der Waals surface area contributed by atoms with Crippen LogP contribution in [0.4, 0.5) is 10.1 Å². The van der Waals surface area contributed by atoms with Crippen molar-refractivity contribution in [3.05, 3.63) is 107 Å². The molecule has 1 aliphatic heterocycles. The number of hydrogen-bond acceptors (Lipinski definition) is 2. The standard InChI is InChI=1S/C24H20FNO2/c1-15-3-7-17(8-4-15)21-22(18-9-5-16(2)6-10-18)26(24(28)23(21)27)20-13-11-19(25)12-14-20/h3-14,22,27H,1-2H3/t22-/m1/s1. The maximum atomic E-state index is 13.4. The van der Waals surface area contributed by atoms with Crippen molar-refractivity contribution in [3.63, 3.8) is 0 Å². The minimum Gasteiger partial charge on any atom is -0.503 e. The van der Waals surface area contributed by atoms with E-state index in [0.717, 1.165) is 22.3 Å². The number of benzene rings is 3. The smallest absolute Gasteiger partial charge is 0.294 e. The molecule has 0 saturated heterocycles. The third-order valence-electron chi connectivity index (χ3n) is 5.07. The van der Waals surface area contributed by atoms with Crippen molar-refractivity contribution in [1.82, 2.24) is 0 Å². The third-order valence-corrected chi connectivity index (χ3v) is 5.07. The van der Waals surface area contributed by atoms with Gasteiger partial charge in [-0.3, -0.25) is 9.69 Å². The van der Waals surface area contributed by atoms with E-state index in [1.54, 1.807) is 12.1 Å². The molecule has 4 rings (SSSR count). The Labute approximate surface area is 163 Å². The first-order valence-corrected chi connectivity index (χ1v) is 9.11. The number of nitrogens with zero attached hydrogens (tertiary/aromatic N) is 1. The number of amides is 1. The zero-order chi connectivity index (χ0) is 19.8. The van der Waals surface area contributed by atoms with Crippen LogP contribution < -0.4 is 4.90 Å². The topological polar surface area (TPSA) is 40.5 Å². The molecule has 1 heterocycles. The van der Waals surface area contributed by atoms with E-state index in [-0.39, 0.29) is 11.6 Å². The van der Waals surface area contributed by atoms with E-state index in [4.69, 9.17) is 0 Å². The zero-order valence-corrected chi connectivity index (χ0v) is 15.7. The summed E-state index contributed by atoms with van der Waals surface area (Å²) in [5.74, 6) is -1.15. The van der Waals surface area contributed by atoms with E-state index in [1.165, 1.54) is 17.0 Å². The minimum atomic E-state index is -0.499. The van der Waals surface area contributed by atoms with Crippen LogP contribution >= 0.6 is 0 Å². The first kappa shape index (κ1) is 18.0. The Morgan fingerprint density at radius 2 is 1.36 bits per heavy atom. The van der Waals surface area contributed by atoms with Crippen molar-refractivity contribution in [2.24, 2.45) is 0 Å². The lowest BCUT2D eigenvalue weighted by Crippen LogP contribution is -2.30.